The summed E-state index contributed by atoms with van der Waals surface area (Å²) in [5.74, 6) is -0.0532. The van der Waals surface area contributed by atoms with E-state index in [0.717, 1.165) is 33.0 Å². The lowest BCUT2D eigenvalue weighted by molar-refractivity contribution is 0.0728. The summed E-state index contributed by atoms with van der Waals surface area (Å²) in [6.07, 6.45) is 0. The van der Waals surface area contributed by atoms with Gasteiger partial charge in [0, 0.05) is 16.5 Å². The van der Waals surface area contributed by atoms with Crippen molar-refractivity contribution in [2.75, 3.05) is 0 Å². The highest BCUT2D eigenvalue weighted by Gasteiger charge is 2.20. The number of thiophene rings is 1. The second-order valence-electron chi connectivity index (χ2n) is 7.06. The van der Waals surface area contributed by atoms with Gasteiger partial charge in [0.25, 0.3) is 0 Å². The van der Waals surface area contributed by atoms with E-state index in [4.69, 9.17) is 16.3 Å². The molecule has 0 saturated heterocycles. The fourth-order valence-corrected chi connectivity index (χ4v) is 4.54. The molecule has 0 bridgehead atoms. The van der Waals surface area contributed by atoms with E-state index in [0.29, 0.717) is 15.8 Å². The third-order valence-electron chi connectivity index (χ3n) is 4.81. The molecule has 3 heterocycles. The van der Waals surface area contributed by atoms with Crippen LogP contribution in [0.2, 0.25) is 5.02 Å². The number of aromatic nitrogens is 4. The first-order valence-electron chi connectivity index (χ1n) is 9.59. The summed E-state index contributed by atoms with van der Waals surface area (Å²) in [5, 5.41) is 10.6. The third kappa shape index (κ3) is 3.62. The lowest BCUT2D eigenvalue weighted by Gasteiger charge is -2.07. The van der Waals surface area contributed by atoms with E-state index >= 15 is 0 Å². The van der Waals surface area contributed by atoms with Crippen LogP contribution in [-0.2, 0) is 0 Å². The number of para-hydroxylation sites is 1. The van der Waals surface area contributed by atoms with Gasteiger partial charge in [0.1, 0.15) is 9.71 Å². The lowest BCUT2D eigenvalue weighted by atomic mass is 10.3. The van der Waals surface area contributed by atoms with Gasteiger partial charge in [-0.3, -0.25) is 0 Å². The molecule has 0 spiro atoms. The predicted molar refractivity (Wildman–Crippen MR) is 122 cm³/mol. The molecule has 0 radical (unpaired) electrons. The van der Waals surface area contributed by atoms with Gasteiger partial charge in [-0.25, -0.2) is 14.2 Å². The van der Waals surface area contributed by atoms with Crippen LogP contribution >= 0.6 is 22.9 Å². The molecule has 0 N–H and O–H groups in total. The van der Waals surface area contributed by atoms with Crippen molar-refractivity contribution in [3.05, 3.63) is 88.0 Å². The van der Waals surface area contributed by atoms with Crippen molar-refractivity contribution >= 4 is 39.1 Å². The van der Waals surface area contributed by atoms with Gasteiger partial charge in [0.15, 0.2) is 0 Å². The SMILES string of the molecule is Cc1cc(OC(=O)c2cc3c(C)nn(-c4ccc(Cl)cc4)c3s2)n(-c2ccccc2)n1. The smallest absolute Gasteiger partial charge is 0.355 e. The van der Waals surface area contributed by atoms with Crippen molar-refractivity contribution in [2.24, 2.45) is 0 Å². The molecule has 0 unspecified atom stereocenters. The molecule has 5 rings (SSSR count). The second-order valence-corrected chi connectivity index (χ2v) is 8.53. The number of halogens is 1. The summed E-state index contributed by atoms with van der Waals surface area (Å²) in [5.41, 5.74) is 3.30. The van der Waals surface area contributed by atoms with Crippen LogP contribution in [0.25, 0.3) is 21.6 Å². The minimum absolute atomic E-state index is 0.377. The van der Waals surface area contributed by atoms with Crippen LogP contribution in [0, 0.1) is 13.8 Å². The molecule has 6 nitrogen and oxygen atoms in total. The maximum Gasteiger partial charge on any atom is 0.355 e. The second kappa shape index (κ2) is 7.68. The maximum atomic E-state index is 13.0. The largest absolute Gasteiger partial charge is 0.403 e. The van der Waals surface area contributed by atoms with Crippen LogP contribution in [0.4, 0.5) is 0 Å². The Kier molecular flexibility index (Phi) is 4.84. The first-order valence-corrected chi connectivity index (χ1v) is 10.8. The molecule has 0 aliphatic carbocycles. The quantitative estimate of drug-likeness (QED) is 0.328. The highest BCUT2D eigenvalue weighted by Crippen LogP contribution is 2.31. The van der Waals surface area contributed by atoms with Crippen molar-refractivity contribution in [1.29, 1.82) is 0 Å². The average Bonchev–Trinajstić information content (AvgIpc) is 3.44. The van der Waals surface area contributed by atoms with E-state index in [1.165, 1.54) is 11.3 Å². The average molecular weight is 449 g/mol. The molecule has 0 atom stereocenters. The van der Waals surface area contributed by atoms with Crippen LogP contribution in [-0.4, -0.2) is 25.5 Å². The standard InChI is InChI=1S/C23H17ClN4O2S/c1-14-12-21(27(25-14)17-6-4-3-5-7-17)30-23(29)20-13-19-15(2)26-28(22(19)31-20)18-10-8-16(24)9-11-18/h3-13H,1-2H3. The number of rotatable bonds is 4. The molecule has 5 aromatic rings. The number of fused-ring (bicyclic) bond motifs is 1. The highest BCUT2D eigenvalue weighted by molar-refractivity contribution is 7.20. The summed E-state index contributed by atoms with van der Waals surface area (Å²) in [6.45, 7) is 3.78. The van der Waals surface area contributed by atoms with Gasteiger partial charge in [-0.2, -0.15) is 10.2 Å². The molecule has 0 fully saturated rings. The van der Waals surface area contributed by atoms with Crippen molar-refractivity contribution in [3.63, 3.8) is 0 Å². The van der Waals surface area contributed by atoms with Gasteiger partial charge in [0.05, 0.1) is 22.8 Å². The fourth-order valence-electron chi connectivity index (χ4n) is 3.35. The van der Waals surface area contributed by atoms with Gasteiger partial charge in [-0.05, 0) is 56.3 Å². The van der Waals surface area contributed by atoms with Crippen molar-refractivity contribution in [2.45, 2.75) is 13.8 Å². The normalized spacial score (nSPS) is 11.2. The number of ether oxygens (including phenoxy) is 1. The third-order valence-corrected chi connectivity index (χ3v) is 6.16. The Hall–Kier alpha value is -3.42. The number of esters is 1. The minimum atomic E-state index is -0.430. The van der Waals surface area contributed by atoms with E-state index in [1.807, 2.05) is 79.2 Å². The van der Waals surface area contributed by atoms with E-state index < -0.39 is 5.97 Å². The Morgan fingerprint density at radius 2 is 1.65 bits per heavy atom. The molecule has 154 valence electrons. The zero-order valence-corrected chi connectivity index (χ0v) is 18.3. The molecule has 2 aromatic carbocycles. The molecular formula is C23H17ClN4O2S. The van der Waals surface area contributed by atoms with Crippen molar-refractivity contribution in [3.8, 4) is 17.3 Å². The van der Waals surface area contributed by atoms with Crippen molar-refractivity contribution in [1.82, 2.24) is 19.6 Å². The zero-order valence-electron chi connectivity index (χ0n) is 16.7. The summed E-state index contributed by atoms with van der Waals surface area (Å²) >= 11 is 7.35. The molecule has 31 heavy (non-hydrogen) atoms. The van der Waals surface area contributed by atoms with E-state index in [1.54, 1.807) is 10.7 Å². The Balaban J connectivity index is 1.49. The zero-order chi connectivity index (χ0) is 21.5. The first-order chi connectivity index (χ1) is 15.0. The van der Waals surface area contributed by atoms with Crippen LogP contribution < -0.4 is 4.74 Å². The summed E-state index contributed by atoms with van der Waals surface area (Å²) < 4.78 is 9.18. The molecule has 0 aliphatic rings. The van der Waals surface area contributed by atoms with Crippen LogP contribution in [0.15, 0.2) is 66.7 Å². The number of carbonyl (C=O) groups is 1. The Bertz CT molecular complexity index is 1400. The fraction of sp³-hybridized carbons (Fsp3) is 0.0870. The van der Waals surface area contributed by atoms with Gasteiger partial charge in [-0.1, -0.05) is 29.8 Å². The molecule has 0 amide bonds. The highest BCUT2D eigenvalue weighted by atomic mass is 35.5. The Morgan fingerprint density at radius 3 is 2.39 bits per heavy atom. The predicted octanol–water partition coefficient (Wildman–Crippen LogP) is 5.76. The molecule has 8 heteroatoms. The van der Waals surface area contributed by atoms with Gasteiger partial charge < -0.3 is 4.74 Å². The van der Waals surface area contributed by atoms with Gasteiger partial charge in [-0.15, -0.1) is 11.3 Å². The Morgan fingerprint density at radius 1 is 0.935 bits per heavy atom. The lowest BCUT2D eigenvalue weighted by Crippen LogP contribution is -2.10. The molecule has 0 saturated carbocycles. The summed E-state index contributed by atoms with van der Waals surface area (Å²) in [6, 6.07) is 20.6. The number of nitrogens with zero attached hydrogens (tertiary/aromatic N) is 4. The summed E-state index contributed by atoms with van der Waals surface area (Å²) in [7, 11) is 0. The number of carbonyl (C=O) groups excluding carboxylic acids is 1. The number of hydrogen-bond acceptors (Lipinski definition) is 5. The number of hydrogen-bond donors (Lipinski definition) is 0. The van der Waals surface area contributed by atoms with Gasteiger partial charge >= 0.3 is 5.97 Å². The van der Waals surface area contributed by atoms with Crippen LogP contribution in [0.1, 0.15) is 21.1 Å². The monoisotopic (exact) mass is 448 g/mol. The van der Waals surface area contributed by atoms with Gasteiger partial charge in [0.2, 0.25) is 5.88 Å². The summed E-state index contributed by atoms with van der Waals surface area (Å²) in [4.78, 5) is 14.3. The van der Waals surface area contributed by atoms with Crippen LogP contribution in [0.3, 0.4) is 0 Å². The number of benzene rings is 2. The van der Waals surface area contributed by atoms with Crippen molar-refractivity contribution < 1.29 is 9.53 Å². The minimum Gasteiger partial charge on any atom is -0.403 e. The maximum absolute atomic E-state index is 13.0. The van der Waals surface area contributed by atoms with E-state index in [2.05, 4.69) is 10.2 Å². The molecule has 3 aromatic heterocycles. The first kappa shape index (κ1) is 19.5. The van der Waals surface area contributed by atoms with Crippen LogP contribution in [0.5, 0.6) is 5.88 Å². The van der Waals surface area contributed by atoms with E-state index in [9.17, 15) is 4.79 Å². The molecular weight excluding hydrogens is 432 g/mol. The topological polar surface area (TPSA) is 61.9 Å². The number of aryl methyl sites for hydroxylation is 2. The Labute approximate surface area is 187 Å². The van der Waals surface area contributed by atoms with E-state index in [-0.39, 0.29) is 0 Å². The molecule has 0 aliphatic heterocycles.